The zero-order valence-electron chi connectivity index (χ0n) is 8.73. The fourth-order valence-electron chi connectivity index (χ4n) is 1.50. The van der Waals surface area contributed by atoms with Crippen molar-refractivity contribution in [2.75, 3.05) is 5.33 Å². The monoisotopic (exact) mass is 305 g/mol. The summed E-state index contributed by atoms with van der Waals surface area (Å²) in [6, 6.07) is 3.93. The smallest absolute Gasteiger partial charge is 0.293 e. The lowest BCUT2D eigenvalue weighted by Crippen LogP contribution is -2.16. The van der Waals surface area contributed by atoms with Gasteiger partial charge in [-0.25, -0.2) is 0 Å². The molecule has 0 heterocycles. The molecule has 1 aromatic rings. The van der Waals surface area contributed by atoms with Crippen LogP contribution in [0.4, 0.5) is 13.2 Å². The van der Waals surface area contributed by atoms with E-state index in [1.54, 1.807) is 6.07 Å². The van der Waals surface area contributed by atoms with Crippen molar-refractivity contribution in [1.82, 2.24) is 0 Å². The second-order valence-electron chi connectivity index (χ2n) is 3.33. The van der Waals surface area contributed by atoms with Crippen LogP contribution in [0.2, 0.25) is 0 Å². The first kappa shape index (κ1) is 13.7. The summed E-state index contributed by atoms with van der Waals surface area (Å²) in [4.78, 5) is 11.4. The van der Waals surface area contributed by atoms with Crippen LogP contribution in [0.1, 0.15) is 27.0 Å². The van der Waals surface area contributed by atoms with Gasteiger partial charge in [0, 0.05) is 5.56 Å². The molecule has 0 spiro atoms. The second-order valence-corrected chi connectivity index (χ2v) is 3.89. The number of Topliss-reactive ketones (excluding diaryl/α,β-unsaturated/α-hetero) is 1. The standard InChI is InChI=1S/C11H7BrF3NO/c1-6-7(5-16)2-3-8(9(17)4-12)10(6)11(13,14)15/h2-3H,4H2,1H3. The van der Waals surface area contributed by atoms with Crippen LogP contribution < -0.4 is 0 Å². The van der Waals surface area contributed by atoms with E-state index >= 15 is 0 Å². The molecule has 17 heavy (non-hydrogen) atoms. The summed E-state index contributed by atoms with van der Waals surface area (Å²) < 4.78 is 38.5. The van der Waals surface area contributed by atoms with E-state index in [1.165, 1.54) is 13.0 Å². The molecule has 0 radical (unpaired) electrons. The molecule has 0 unspecified atom stereocenters. The summed E-state index contributed by atoms with van der Waals surface area (Å²) in [7, 11) is 0. The lowest BCUT2D eigenvalue weighted by atomic mass is 9.95. The molecular formula is C11H7BrF3NO. The third kappa shape index (κ3) is 2.67. The third-order valence-electron chi connectivity index (χ3n) is 2.29. The van der Waals surface area contributed by atoms with Gasteiger partial charge in [-0.1, -0.05) is 15.9 Å². The van der Waals surface area contributed by atoms with Gasteiger partial charge in [-0.2, -0.15) is 18.4 Å². The predicted octanol–water partition coefficient (Wildman–Crippen LogP) is 3.46. The highest BCUT2D eigenvalue weighted by Crippen LogP contribution is 2.36. The van der Waals surface area contributed by atoms with Crippen molar-refractivity contribution < 1.29 is 18.0 Å². The van der Waals surface area contributed by atoms with Gasteiger partial charge in [0.1, 0.15) is 0 Å². The topological polar surface area (TPSA) is 40.9 Å². The Morgan fingerprint density at radius 3 is 2.47 bits per heavy atom. The average Bonchev–Trinajstić information content (AvgIpc) is 2.25. The molecule has 90 valence electrons. The summed E-state index contributed by atoms with van der Waals surface area (Å²) in [6.07, 6.45) is -4.65. The summed E-state index contributed by atoms with van der Waals surface area (Å²) in [5, 5.41) is 8.49. The van der Waals surface area contributed by atoms with E-state index in [2.05, 4.69) is 15.9 Å². The number of halogens is 4. The van der Waals surface area contributed by atoms with Crippen LogP contribution in [0.5, 0.6) is 0 Å². The molecule has 0 aliphatic carbocycles. The molecule has 0 fully saturated rings. The highest BCUT2D eigenvalue weighted by Gasteiger charge is 2.37. The summed E-state index contributed by atoms with van der Waals surface area (Å²) in [5.41, 5.74) is -1.73. The van der Waals surface area contributed by atoms with Crippen LogP contribution in [0, 0.1) is 18.3 Å². The molecule has 0 N–H and O–H groups in total. The molecule has 0 atom stereocenters. The van der Waals surface area contributed by atoms with Crippen molar-refractivity contribution in [3.05, 3.63) is 34.4 Å². The third-order valence-corrected chi connectivity index (χ3v) is 2.80. The van der Waals surface area contributed by atoms with Crippen molar-refractivity contribution in [3.63, 3.8) is 0 Å². The van der Waals surface area contributed by atoms with Crippen molar-refractivity contribution in [1.29, 1.82) is 5.26 Å². The van der Waals surface area contributed by atoms with Gasteiger partial charge in [-0.15, -0.1) is 0 Å². The van der Waals surface area contributed by atoms with Crippen molar-refractivity contribution in [2.45, 2.75) is 13.1 Å². The van der Waals surface area contributed by atoms with E-state index < -0.39 is 23.1 Å². The van der Waals surface area contributed by atoms with E-state index in [9.17, 15) is 18.0 Å². The zero-order valence-corrected chi connectivity index (χ0v) is 10.3. The molecule has 1 rings (SSSR count). The Morgan fingerprint density at radius 2 is 2.06 bits per heavy atom. The lowest BCUT2D eigenvalue weighted by molar-refractivity contribution is -0.138. The summed E-state index contributed by atoms with van der Waals surface area (Å²) in [5.74, 6) is -0.662. The number of benzene rings is 1. The number of ketones is 1. The molecule has 0 bridgehead atoms. The molecule has 0 saturated carbocycles. The highest BCUT2D eigenvalue weighted by atomic mass is 79.9. The molecule has 0 amide bonds. The van der Waals surface area contributed by atoms with E-state index in [0.717, 1.165) is 6.07 Å². The minimum absolute atomic E-state index is 0.0801. The highest BCUT2D eigenvalue weighted by molar-refractivity contribution is 9.09. The number of carbonyl (C=O) groups excluding carboxylic acids is 1. The maximum atomic E-state index is 12.8. The molecule has 0 saturated heterocycles. The van der Waals surface area contributed by atoms with E-state index in [0.29, 0.717) is 0 Å². The van der Waals surface area contributed by atoms with Crippen molar-refractivity contribution in [3.8, 4) is 6.07 Å². The van der Waals surface area contributed by atoms with Gasteiger partial charge in [0.25, 0.3) is 0 Å². The Bertz CT molecular complexity index is 503. The van der Waals surface area contributed by atoms with Gasteiger partial charge in [-0.05, 0) is 24.6 Å². The minimum Gasteiger partial charge on any atom is -0.293 e. The number of carbonyl (C=O) groups is 1. The van der Waals surface area contributed by atoms with Crippen molar-refractivity contribution >= 4 is 21.7 Å². The first-order chi connectivity index (χ1) is 7.82. The van der Waals surface area contributed by atoms with Gasteiger partial charge >= 0.3 is 6.18 Å². The average molecular weight is 306 g/mol. The second kappa shape index (κ2) is 4.88. The van der Waals surface area contributed by atoms with Crippen LogP contribution >= 0.6 is 15.9 Å². The Kier molecular flexibility index (Phi) is 3.94. The number of hydrogen-bond acceptors (Lipinski definition) is 2. The maximum Gasteiger partial charge on any atom is 0.417 e. The first-order valence-electron chi connectivity index (χ1n) is 4.53. The van der Waals surface area contributed by atoms with E-state index in [1.807, 2.05) is 0 Å². The molecule has 0 aliphatic heterocycles. The maximum absolute atomic E-state index is 12.8. The van der Waals surface area contributed by atoms with Crippen LogP contribution in [-0.4, -0.2) is 11.1 Å². The Labute approximate surface area is 104 Å². The molecular weight excluding hydrogens is 299 g/mol. The number of alkyl halides is 4. The predicted molar refractivity (Wildman–Crippen MR) is 59.0 cm³/mol. The van der Waals surface area contributed by atoms with Gasteiger partial charge in [0.05, 0.1) is 22.5 Å². The largest absolute Gasteiger partial charge is 0.417 e. The minimum atomic E-state index is -4.65. The van der Waals surface area contributed by atoms with E-state index in [4.69, 9.17) is 5.26 Å². The summed E-state index contributed by atoms with van der Waals surface area (Å²) >= 11 is 2.83. The fraction of sp³-hybridized carbons (Fsp3) is 0.273. The van der Waals surface area contributed by atoms with Gasteiger partial charge in [-0.3, -0.25) is 4.79 Å². The fourth-order valence-corrected chi connectivity index (χ4v) is 1.80. The Balaban J connectivity index is 3.60. The van der Waals surface area contributed by atoms with Crippen LogP contribution in [0.25, 0.3) is 0 Å². The number of nitriles is 1. The SMILES string of the molecule is Cc1c(C#N)ccc(C(=O)CBr)c1C(F)(F)F. The number of hydrogen-bond donors (Lipinski definition) is 0. The molecule has 0 aromatic heterocycles. The van der Waals surface area contributed by atoms with Gasteiger partial charge in [0.2, 0.25) is 0 Å². The van der Waals surface area contributed by atoms with Gasteiger partial charge in [0.15, 0.2) is 5.78 Å². The lowest BCUT2D eigenvalue weighted by Gasteiger charge is -2.15. The number of rotatable bonds is 2. The Hall–Kier alpha value is -1.35. The van der Waals surface area contributed by atoms with Crippen LogP contribution in [0.3, 0.4) is 0 Å². The molecule has 6 heteroatoms. The quantitative estimate of drug-likeness (QED) is 0.620. The normalized spacial score (nSPS) is 11.1. The number of nitrogens with zero attached hydrogens (tertiary/aromatic N) is 1. The van der Waals surface area contributed by atoms with Crippen LogP contribution in [-0.2, 0) is 6.18 Å². The van der Waals surface area contributed by atoms with Crippen LogP contribution in [0.15, 0.2) is 12.1 Å². The summed E-state index contributed by atoms with van der Waals surface area (Å²) in [6.45, 7) is 1.19. The molecule has 1 aromatic carbocycles. The molecule has 0 aliphatic rings. The van der Waals surface area contributed by atoms with Gasteiger partial charge < -0.3 is 0 Å². The van der Waals surface area contributed by atoms with Crippen molar-refractivity contribution in [2.24, 2.45) is 0 Å². The van der Waals surface area contributed by atoms with E-state index in [-0.39, 0.29) is 16.5 Å². The first-order valence-corrected chi connectivity index (χ1v) is 5.65. The Morgan fingerprint density at radius 1 is 1.47 bits per heavy atom. The molecule has 2 nitrogen and oxygen atoms in total. The zero-order chi connectivity index (χ0) is 13.2.